The number of anilines is 3. The minimum atomic E-state index is 0.493. The van der Waals surface area contributed by atoms with Crippen molar-refractivity contribution < 1.29 is 0 Å². The Morgan fingerprint density at radius 2 is 1.95 bits per heavy atom. The van der Waals surface area contributed by atoms with E-state index in [0.29, 0.717) is 11.8 Å². The summed E-state index contributed by atoms with van der Waals surface area (Å²) in [7, 11) is 0. The van der Waals surface area contributed by atoms with Crippen LogP contribution in [0.1, 0.15) is 11.1 Å². The first-order chi connectivity index (χ1) is 10.8. The number of benzene rings is 2. The van der Waals surface area contributed by atoms with E-state index in [1.165, 1.54) is 11.1 Å². The molecule has 0 amide bonds. The number of nitrogens with one attached hydrogen (secondary N) is 2. The summed E-state index contributed by atoms with van der Waals surface area (Å²) in [5.74, 6) is 1.02. The molecule has 4 rings (SSSR count). The van der Waals surface area contributed by atoms with Crippen LogP contribution in [-0.4, -0.2) is 16.5 Å². The summed E-state index contributed by atoms with van der Waals surface area (Å²) in [6.07, 6.45) is 1.08. The van der Waals surface area contributed by atoms with Crippen molar-refractivity contribution >= 4 is 28.4 Å². The van der Waals surface area contributed by atoms with Crippen LogP contribution >= 0.6 is 0 Å². The zero-order valence-electron chi connectivity index (χ0n) is 12.1. The van der Waals surface area contributed by atoms with Crippen LogP contribution in [0.3, 0.4) is 0 Å². The van der Waals surface area contributed by atoms with Gasteiger partial charge in [0.2, 0.25) is 5.95 Å². The molecule has 5 heteroatoms. The lowest BCUT2D eigenvalue weighted by Crippen LogP contribution is -2.23. The molecular formula is C17H17N5. The standard InChI is InChI=1S/C17H17N5/c18-16-14-3-1-2-4-15(14)21-17(22-16)20-13-6-5-11-7-8-19-10-12(11)9-13/h1-6,9,19H,7-8,10H2,(H3,18,20,21,22). The van der Waals surface area contributed by atoms with Gasteiger partial charge in [-0.3, -0.25) is 0 Å². The van der Waals surface area contributed by atoms with E-state index in [2.05, 4.69) is 38.8 Å². The second-order valence-corrected chi connectivity index (χ2v) is 5.48. The number of hydrogen-bond donors (Lipinski definition) is 3. The lowest BCUT2D eigenvalue weighted by Gasteiger charge is -2.18. The lowest BCUT2D eigenvalue weighted by atomic mass is 10.0. The summed E-state index contributed by atoms with van der Waals surface area (Å²) in [6, 6.07) is 14.1. The van der Waals surface area contributed by atoms with Gasteiger partial charge in [-0.1, -0.05) is 18.2 Å². The Hall–Kier alpha value is -2.66. The second-order valence-electron chi connectivity index (χ2n) is 5.48. The predicted molar refractivity (Wildman–Crippen MR) is 89.1 cm³/mol. The van der Waals surface area contributed by atoms with Crippen LogP contribution in [0.4, 0.5) is 17.5 Å². The minimum Gasteiger partial charge on any atom is -0.383 e. The van der Waals surface area contributed by atoms with Crippen molar-refractivity contribution in [1.82, 2.24) is 15.3 Å². The third-order valence-electron chi connectivity index (χ3n) is 3.98. The molecule has 0 saturated heterocycles. The SMILES string of the molecule is Nc1nc(Nc2ccc3c(c2)CNCC3)nc2ccccc12. The topological polar surface area (TPSA) is 75.9 Å². The van der Waals surface area contributed by atoms with E-state index in [1.54, 1.807) is 0 Å². The number of aromatic nitrogens is 2. The lowest BCUT2D eigenvalue weighted by molar-refractivity contribution is 0.644. The largest absolute Gasteiger partial charge is 0.383 e. The molecular weight excluding hydrogens is 274 g/mol. The highest BCUT2D eigenvalue weighted by Crippen LogP contribution is 2.23. The first-order valence-electron chi connectivity index (χ1n) is 7.41. The van der Waals surface area contributed by atoms with Crippen LogP contribution in [0.25, 0.3) is 10.9 Å². The molecule has 0 spiro atoms. The molecule has 22 heavy (non-hydrogen) atoms. The molecule has 5 nitrogen and oxygen atoms in total. The fourth-order valence-electron chi connectivity index (χ4n) is 2.84. The molecule has 1 aliphatic heterocycles. The molecule has 0 fully saturated rings. The Morgan fingerprint density at radius 1 is 1.05 bits per heavy atom. The Balaban J connectivity index is 1.68. The normalized spacial score (nSPS) is 13.8. The van der Waals surface area contributed by atoms with E-state index >= 15 is 0 Å². The highest BCUT2D eigenvalue weighted by Gasteiger charge is 2.10. The Morgan fingerprint density at radius 3 is 2.91 bits per heavy atom. The molecule has 0 radical (unpaired) electrons. The number of para-hydroxylation sites is 1. The molecule has 0 atom stereocenters. The second kappa shape index (κ2) is 5.27. The number of rotatable bonds is 2. The van der Waals surface area contributed by atoms with E-state index in [1.807, 2.05) is 24.3 Å². The van der Waals surface area contributed by atoms with Gasteiger partial charge in [-0.15, -0.1) is 0 Å². The first-order valence-corrected chi connectivity index (χ1v) is 7.41. The maximum atomic E-state index is 6.02. The molecule has 1 aromatic heterocycles. The van der Waals surface area contributed by atoms with Gasteiger partial charge < -0.3 is 16.4 Å². The molecule has 2 heterocycles. The van der Waals surface area contributed by atoms with Crippen LogP contribution in [0.5, 0.6) is 0 Å². The molecule has 1 aliphatic rings. The van der Waals surface area contributed by atoms with Gasteiger partial charge in [0.1, 0.15) is 5.82 Å². The highest BCUT2D eigenvalue weighted by atomic mass is 15.1. The average Bonchev–Trinajstić information content (AvgIpc) is 2.55. The molecule has 3 aromatic rings. The van der Waals surface area contributed by atoms with Gasteiger partial charge in [-0.25, -0.2) is 4.98 Å². The average molecular weight is 291 g/mol. The Bertz CT molecular complexity index is 844. The third kappa shape index (κ3) is 2.35. The highest BCUT2D eigenvalue weighted by molar-refractivity contribution is 5.89. The maximum Gasteiger partial charge on any atom is 0.229 e. The molecule has 2 aromatic carbocycles. The number of nitrogens with zero attached hydrogens (tertiary/aromatic N) is 2. The van der Waals surface area contributed by atoms with Crippen molar-refractivity contribution in [2.75, 3.05) is 17.6 Å². The number of nitrogen functional groups attached to an aromatic ring is 1. The van der Waals surface area contributed by atoms with Gasteiger partial charge in [0.25, 0.3) is 0 Å². The summed E-state index contributed by atoms with van der Waals surface area (Å²) < 4.78 is 0. The zero-order valence-corrected chi connectivity index (χ0v) is 12.1. The number of hydrogen-bond acceptors (Lipinski definition) is 5. The minimum absolute atomic E-state index is 0.493. The van der Waals surface area contributed by atoms with Gasteiger partial charge in [-0.05, 0) is 48.4 Å². The van der Waals surface area contributed by atoms with Crippen molar-refractivity contribution in [2.45, 2.75) is 13.0 Å². The Kier molecular flexibility index (Phi) is 3.12. The fraction of sp³-hybridized carbons (Fsp3) is 0.176. The van der Waals surface area contributed by atoms with Crippen LogP contribution in [0.2, 0.25) is 0 Å². The first kappa shape index (κ1) is 13.0. The molecule has 0 saturated carbocycles. The van der Waals surface area contributed by atoms with Crippen molar-refractivity contribution in [2.24, 2.45) is 0 Å². The van der Waals surface area contributed by atoms with Gasteiger partial charge in [0.05, 0.1) is 5.52 Å². The van der Waals surface area contributed by atoms with Crippen molar-refractivity contribution in [3.8, 4) is 0 Å². The van der Waals surface area contributed by atoms with Crippen LogP contribution in [0.15, 0.2) is 42.5 Å². The van der Waals surface area contributed by atoms with E-state index < -0.39 is 0 Å². The molecule has 0 aliphatic carbocycles. The van der Waals surface area contributed by atoms with Gasteiger partial charge in [0, 0.05) is 17.6 Å². The summed E-state index contributed by atoms with van der Waals surface area (Å²) in [6.45, 7) is 1.95. The molecule has 0 unspecified atom stereocenters. The summed E-state index contributed by atoms with van der Waals surface area (Å²) in [5.41, 5.74) is 10.6. The van der Waals surface area contributed by atoms with Crippen LogP contribution < -0.4 is 16.4 Å². The molecule has 110 valence electrons. The Labute approximate surface area is 128 Å². The van der Waals surface area contributed by atoms with E-state index in [9.17, 15) is 0 Å². The van der Waals surface area contributed by atoms with Crippen molar-refractivity contribution in [1.29, 1.82) is 0 Å². The monoisotopic (exact) mass is 291 g/mol. The fourth-order valence-corrected chi connectivity index (χ4v) is 2.84. The number of fused-ring (bicyclic) bond motifs is 2. The van der Waals surface area contributed by atoms with Gasteiger partial charge in [-0.2, -0.15) is 4.98 Å². The smallest absolute Gasteiger partial charge is 0.229 e. The van der Waals surface area contributed by atoms with Crippen molar-refractivity contribution in [3.05, 3.63) is 53.6 Å². The van der Waals surface area contributed by atoms with Crippen LogP contribution in [0, 0.1) is 0 Å². The van der Waals surface area contributed by atoms with E-state index in [0.717, 1.165) is 36.1 Å². The maximum absolute atomic E-state index is 6.02. The molecule has 4 N–H and O–H groups in total. The molecule has 0 bridgehead atoms. The van der Waals surface area contributed by atoms with E-state index in [4.69, 9.17) is 5.73 Å². The predicted octanol–water partition coefficient (Wildman–Crippen LogP) is 2.60. The summed E-state index contributed by atoms with van der Waals surface area (Å²) in [5, 5.41) is 7.52. The quantitative estimate of drug-likeness (QED) is 0.676. The third-order valence-corrected chi connectivity index (χ3v) is 3.98. The van der Waals surface area contributed by atoms with Gasteiger partial charge in [0.15, 0.2) is 0 Å². The van der Waals surface area contributed by atoms with Crippen molar-refractivity contribution in [3.63, 3.8) is 0 Å². The van der Waals surface area contributed by atoms with E-state index in [-0.39, 0.29) is 0 Å². The zero-order chi connectivity index (χ0) is 14.9. The summed E-state index contributed by atoms with van der Waals surface area (Å²) in [4.78, 5) is 8.87. The number of nitrogens with two attached hydrogens (primary N) is 1. The van der Waals surface area contributed by atoms with Crippen LogP contribution in [-0.2, 0) is 13.0 Å². The van der Waals surface area contributed by atoms with Gasteiger partial charge >= 0.3 is 0 Å². The summed E-state index contributed by atoms with van der Waals surface area (Å²) >= 11 is 0.